The summed E-state index contributed by atoms with van der Waals surface area (Å²) in [6.45, 7) is 3.77. The molecule has 0 bridgehead atoms. The predicted molar refractivity (Wildman–Crippen MR) is 111 cm³/mol. The number of ether oxygens (including phenoxy) is 1. The van der Waals surface area contributed by atoms with Crippen molar-refractivity contribution in [3.8, 4) is 5.88 Å². The van der Waals surface area contributed by atoms with Crippen LogP contribution in [0.1, 0.15) is 17.0 Å². The highest BCUT2D eigenvalue weighted by Gasteiger charge is 2.22. The molecule has 0 aliphatic rings. The summed E-state index contributed by atoms with van der Waals surface area (Å²) in [5.41, 5.74) is 2.43. The Labute approximate surface area is 181 Å². The van der Waals surface area contributed by atoms with Crippen molar-refractivity contribution in [3.63, 3.8) is 0 Å². The number of carbonyl (C=O) groups excluding carboxylic acids is 1. The van der Waals surface area contributed by atoms with E-state index in [9.17, 15) is 14.9 Å². The molecule has 2 heterocycles. The molecule has 12 heteroatoms. The van der Waals surface area contributed by atoms with Crippen molar-refractivity contribution >= 4 is 40.5 Å². The second kappa shape index (κ2) is 8.72. The molecule has 30 heavy (non-hydrogen) atoms. The summed E-state index contributed by atoms with van der Waals surface area (Å²) in [6, 6.07) is 5.22. The van der Waals surface area contributed by atoms with Crippen LogP contribution in [0, 0.1) is 24.0 Å². The Hall–Kier alpha value is -3.11. The number of anilines is 1. The molecule has 3 rings (SSSR count). The van der Waals surface area contributed by atoms with Crippen molar-refractivity contribution in [2.75, 3.05) is 12.4 Å². The smallest absolute Gasteiger partial charge is 0.350 e. The van der Waals surface area contributed by atoms with Gasteiger partial charge in [0.05, 0.1) is 35.7 Å². The van der Waals surface area contributed by atoms with Gasteiger partial charge in [-0.1, -0.05) is 29.3 Å². The number of amides is 1. The normalized spacial score (nSPS) is 10.8. The number of methoxy groups -OCH3 is 1. The lowest BCUT2D eigenvalue weighted by molar-refractivity contribution is -0.385. The van der Waals surface area contributed by atoms with E-state index in [1.165, 1.54) is 7.11 Å². The Morgan fingerprint density at radius 1 is 1.30 bits per heavy atom. The molecule has 0 aliphatic carbocycles. The summed E-state index contributed by atoms with van der Waals surface area (Å²) in [5.74, 6) is -0.571. The molecule has 0 saturated heterocycles. The quantitative estimate of drug-likeness (QED) is 0.432. The number of nitro groups is 1. The molecule has 1 aromatic carbocycles. The minimum absolute atomic E-state index is 0.159. The second-order valence-corrected chi connectivity index (χ2v) is 7.31. The van der Waals surface area contributed by atoms with Gasteiger partial charge in [0.2, 0.25) is 5.91 Å². The van der Waals surface area contributed by atoms with E-state index in [1.807, 2.05) is 13.0 Å². The number of nitrogens with one attached hydrogen (secondary N) is 1. The summed E-state index contributed by atoms with van der Waals surface area (Å²) in [5, 5.41) is 23.2. The standard InChI is InChI=1S/C18H18Cl2N6O4/c1-10-17(11(2)25(22-10)7-12-4-5-13(19)6-14(12)20)21-16(27)9-24-8-15(26(28)29)18(23-24)30-3/h4-6,8H,7,9H2,1-3H3,(H,21,27). The molecule has 1 amide bonds. The van der Waals surface area contributed by atoms with Gasteiger partial charge in [0, 0.05) is 10.0 Å². The van der Waals surface area contributed by atoms with E-state index in [0.717, 1.165) is 22.1 Å². The average molecular weight is 453 g/mol. The topological polar surface area (TPSA) is 117 Å². The third-order valence-electron chi connectivity index (χ3n) is 4.39. The van der Waals surface area contributed by atoms with Gasteiger partial charge in [-0.3, -0.25) is 24.3 Å². The van der Waals surface area contributed by atoms with Crippen LogP contribution in [0.25, 0.3) is 0 Å². The highest BCUT2D eigenvalue weighted by Crippen LogP contribution is 2.26. The Balaban J connectivity index is 1.75. The van der Waals surface area contributed by atoms with E-state index < -0.39 is 10.8 Å². The SMILES string of the molecule is COc1nn(CC(=O)Nc2c(C)nn(Cc3ccc(Cl)cc3Cl)c2C)cc1[N+](=O)[O-]. The molecule has 1 N–H and O–H groups in total. The number of carbonyl (C=O) groups is 1. The number of aryl methyl sites for hydroxylation is 1. The van der Waals surface area contributed by atoms with Crippen LogP contribution in [0.3, 0.4) is 0 Å². The number of halogens is 2. The lowest BCUT2D eigenvalue weighted by atomic mass is 10.2. The van der Waals surface area contributed by atoms with Crippen molar-refractivity contribution in [3.05, 3.63) is 61.5 Å². The van der Waals surface area contributed by atoms with Crippen LogP contribution in [-0.4, -0.2) is 37.5 Å². The van der Waals surface area contributed by atoms with Crippen LogP contribution in [0.15, 0.2) is 24.4 Å². The number of hydrogen-bond acceptors (Lipinski definition) is 6. The molecule has 10 nitrogen and oxygen atoms in total. The van der Waals surface area contributed by atoms with Crippen LogP contribution < -0.4 is 10.1 Å². The van der Waals surface area contributed by atoms with Gasteiger partial charge in [-0.2, -0.15) is 5.10 Å². The fraction of sp³-hybridized carbons (Fsp3) is 0.278. The predicted octanol–water partition coefficient (Wildman–Crippen LogP) is 3.61. The Bertz CT molecular complexity index is 1120. The monoisotopic (exact) mass is 452 g/mol. The Kier molecular flexibility index (Phi) is 6.28. The first-order valence-corrected chi connectivity index (χ1v) is 9.48. The maximum atomic E-state index is 12.5. The minimum Gasteiger partial charge on any atom is -0.475 e. The largest absolute Gasteiger partial charge is 0.475 e. The zero-order valence-corrected chi connectivity index (χ0v) is 17.9. The fourth-order valence-electron chi connectivity index (χ4n) is 2.91. The van der Waals surface area contributed by atoms with E-state index in [1.54, 1.807) is 23.7 Å². The van der Waals surface area contributed by atoms with E-state index in [2.05, 4.69) is 15.5 Å². The second-order valence-electron chi connectivity index (χ2n) is 6.47. The maximum absolute atomic E-state index is 12.5. The number of hydrogen-bond donors (Lipinski definition) is 1. The molecule has 2 aromatic heterocycles. The first kappa shape index (κ1) is 21.6. The molecule has 0 aliphatic heterocycles. The van der Waals surface area contributed by atoms with Gasteiger partial charge in [-0.05, 0) is 31.5 Å². The minimum atomic E-state index is -0.625. The van der Waals surface area contributed by atoms with Crippen LogP contribution in [-0.2, 0) is 17.9 Å². The number of nitrogens with zero attached hydrogens (tertiary/aromatic N) is 5. The van der Waals surface area contributed by atoms with Crippen molar-refractivity contribution in [1.29, 1.82) is 0 Å². The third kappa shape index (κ3) is 4.55. The van der Waals surface area contributed by atoms with Crippen LogP contribution >= 0.6 is 23.2 Å². The lowest BCUT2D eigenvalue weighted by Gasteiger charge is -2.09. The number of benzene rings is 1. The molecule has 158 valence electrons. The fourth-order valence-corrected chi connectivity index (χ4v) is 3.38. The average Bonchev–Trinajstić information content (AvgIpc) is 3.20. The zero-order valence-electron chi connectivity index (χ0n) is 16.3. The Morgan fingerprint density at radius 2 is 2.03 bits per heavy atom. The summed E-state index contributed by atoms with van der Waals surface area (Å²) < 4.78 is 7.74. The molecule has 0 atom stereocenters. The molecule has 0 radical (unpaired) electrons. The summed E-state index contributed by atoms with van der Waals surface area (Å²) in [7, 11) is 1.27. The lowest BCUT2D eigenvalue weighted by Crippen LogP contribution is -2.20. The van der Waals surface area contributed by atoms with Crippen molar-refractivity contribution in [2.45, 2.75) is 26.9 Å². The number of aromatic nitrogens is 4. The van der Waals surface area contributed by atoms with Gasteiger partial charge in [0.1, 0.15) is 12.7 Å². The van der Waals surface area contributed by atoms with Crippen molar-refractivity contribution < 1.29 is 14.5 Å². The first-order valence-electron chi connectivity index (χ1n) is 8.73. The molecule has 0 saturated carbocycles. The molecular weight excluding hydrogens is 435 g/mol. The van der Waals surface area contributed by atoms with Crippen LogP contribution in [0.4, 0.5) is 11.4 Å². The molecular formula is C18H18Cl2N6O4. The van der Waals surface area contributed by atoms with Gasteiger partial charge in [0.25, 0.3) is 0 Å². The van der Waals surface area contributed by atoms with Crippen LogP contribution in [0.5, 0.6) is 5.88 Å². The van der Waals surface area contributed by atoms with Gasteiger partial charge in [0.15, 0.2) is 0 Å². The molecule has 0 spiro atoms. The van der Waals surface area contributed by atoms with Crippen molar-refractivity contribution in [2.24, 2.45) is 0 Å². The number of rotatable bonds is 7. The van der Waals surface area contributed by atoms with E-state index in [0.29, 0.717) is 28.0 Å². The van der Waals surface area contributed by atoms with Gasteiger partial charge in [-0.25, -0.2) is 0 Å². The first-order chi connectivity index (χ1) is 14.2. The highest BCUT2D eigenvalue weighted by molar-refractivity contribution is 6.35. The van der Waals surface area contributed by atoms with E-state index >= 15 is 0 Å². The van der Waals surface area contributed by atoms with Crippen molar-refractivity contribution in [1.82, 2.24) is 19.6 Å². The summed E-state index contributed by atoms with van der Waals surface area (Å²) in [6.07, 6.45) is 1.14. The molecule has 0 unspecified atom stereocenters. The molecule has 0 fully saturated rings. The summed E-state index contributed by atoms with van der Waals surface area (Å²) >= 11 is 12.2. The maximum Gasteiger partial charge on any atom is 0.350 e. The van der Waals surface area contributed by atoms with E-state index in [-0.39, 0.29) is 18.1 Å². The van der Waals surface area contributed by atoms with Gasteiger partial charge in [-0.15, -0.1) is 5.10 Å². The van der Waals surface area contributed by atoms with Gasteiger partial charge >= 0.3 is 11.6 Å². The highest BCUT2D eigenvalue weighted by atomic mass is 35.5. The van der Waals surface area contributed by atoms with Gasteiger partial charge < -0.3 is 10.1 Å². The molecule has 3 aromatic rings. The zero-order chi connectivity index (χ0) is 22.0. The Morgan fingerprint density at radius 3 is 2.63 bits per heavy atom. The van der Waals surface area contributed by atoms with E-state index in [4.69, 9.17) is 27.9 Å². The third-order valence-corrected chi connectivity index (χ3v) is 4.97. The summed E-state index contributed by atoms with van der Waals surface area (Å²) in [4.78, 5) is 22.8. The van der Waals surface area contributed by atoms with Crippen LogP contribution in [0.2, 0.25) is 10.0 Å².